The maximum Gasteiger partial charge on any atom is 0.121 e. The van der Waals surface area contributed by atoms with Gasteiger partial charge in [0.05, 0.1) is 39.3 Å². The number of nitrogens with zero attached hydrogens (tertiary/aromatic N) is 4. The molecule has 0 unspecified atom stereocenters. The molecule has 0 spiro atoms. The molecule has 5 nitrogen and oxygen atoms in total. The van der Waals surface area contributed by atoms with Crippen LogP contribution in [0.2, 0.25) is 0 Å². The molecule has 77 heavy (non-hydrogen) atoms. The third kappa shape index (κ3) is 9.18. The molecule has 0 fully saturated rings. The average molecular weight is 1180 g/mol. The summed E-state index contributed by atoms with van der Waals surface area (Å²) in [6.45, 7) is 15.9. The van der Waals surface area contributed by atoms with E-state index in [1.807, 2.05) is 42.5 Å². The van der Waals surface area contributed by atoms with Gasteiger partial charge in [-0.2, -0.15) is 0 Å². The number of para-hydroxylation sites is 5. The molecule has 0 aliphatic rings. The summed E-state index contributed by atoms with van der Waals surface area (Å²) >= 11 is 0. The van der Waals surface area contributed by atoms with E-state index in [9.17, 15) is 0 Å². The molecule has 10 aromatic carbocycles. The molecule has 0 aliphatic heterocycles. The summed E-state index contributed by atoms with van der Waals surface area (Å²) in [7, 11) is 0. The molecule has 0 atom stereocenters. The first kappa shape index (κ1) is 47.6. The Morgan fingerprint density at radius 2 is 1.04 bits per heavy atom. The summed E-state index contributed by atoms with van der Waals surface area (Å²) in [5.41, 5.74) is 17.8. The minimum Gasteiger partial charge on any atom is -0.501 e. The van der Waals surface area contributed by atoms with Gasteiger partial charge in [0.1, 0.15) is 5.58 Å². The minimum absolute atomic E-state index is 0. The van der Waals surface area contributed by atoms with Gasteiger partial charge >= 0.3 is 0 Å². The van der Waals surface area contributed by atoms with Crippen LogP contribution in [0.15, 0.2) is 192 Å². The van der Waals surface area contributed by atoms with Crippen molar-refractivity contribution < 1.29 is 28.6 Å². The molecule has 3 heterocycles. The second-order valence-electron chi connectivity index (χ2n) is 21.3. The van der Waals surface area contributed by atoms with Gasteiger partial charge in [-0.1, -0.05) is 175 Å². The van der Waals surface area contributed by atoms with E-state index in [1.54, 1.807) is 12.1 Å². The molecule has 1 radical (unpaired) electrons. The molecular weight excluding hydrogens is 1120 g/mol. The number of hydrogen-bond acceptors (Lipinski definition) is 3. The van der Waals surface area contributed by atoms with Crippen molar-refractivity contribution in [3.8, 4) is 45.3 Å². The number of furan rings is 1. The van der Waals surface area contributed by atoms with Crippen LogP contribution in [0.5, 0.6) is 0 Å². The predicted molar refractivity (Wildman–Crippen MR) is 320 cm³/mol. The second kappa shape index (κ2) is 20.9. The third-order valence-electron chi connectivity index (χ3n) is 15.0. The smallest absolute Gasteiger partial charge is 0.121 e. The quantitative estimate of drug-likeness (QED) is 0.107. The molecule has 6 heteroatoms. The number of aromatic nitrogens is 4. The monoisotopic (exact) mass is 1180 g/mol. The first-order valence-electron chi connectivity index (χ1n) is 28.2. The standard InChI is InChI=1S/C46H37N2O.C25H25N2.Ir/c1-27(2)37-24-33(30-12-7-6-8-13-30)25-38(28(3)4)44(37)48-42-17-10-9-16-41(42)47-46(48)36-15-11-14-35-40-23-32-20-19-31-22-29(5)18-21-34(31)39(32)26-43(40)49-45(35)36;1-17(2)20-13-10-14-21(18(3)4)24(20)27-23-16-9-8-15-22(23)26-25(27)19-11-6-5-7-12-19;/h6-14,16-28H,1-5H3;5-11,13-18H,1-4H3;/q2*-1;/i5D3;;. The zero-order chi connectivity index (χ0) is 54.9. The van der Waals surface area contributed by atoms with Crippen molar-refractivity contribution in [3.05, 3.63) is 228 Å². The van der Waals surface area contributed by atoms with E-state index in [1.165, 1.54) is 39.1 Å². The van der Waals surface area contributed by atoms with Crippen LogP contribution >= 0.6 is 0 Å². The SMILES string of the molecule is CC(C)c1cccc(C(C)C)c1-n1c(-c2[c-]cccc2)nc2ccccc21.[2H]C([2H])([2H])c1ccc2c(ccc3cc4c(cc32)oc2c(-c3nc5ccccc5n3-c3c(C(C)C)cc(-c5ccccc5)cc3C(C)C)[c-]ccc24)c1.[Ir]. The summed E-state index contributed by atoms with van der Waals surface area (Å²) in [6.07, 6.45) is 0. The van der Waals surface area contributed by atoms with Crippen LogP contribution in [0.1, 0.15) is 111 Å². The van der Waals surface area contributed by atoms with Gasteiger partial charge < -0.3 is 13.6 Å². The topological polar surface area (TPSA) is 48.8 Å². The first-order chi connectivity index (χ1) is 38.1. The predicted octanol–water partition coefficient (Wildman–Crippen LogP) is 19.7. The van der Waals surface area contributed by atoms with Gasteiger partial charge in [-0.15, -0.1) is 54.1 Å². The normalized spacial score (nSPS) is 12.5. The Labute approximate surface area is 469 Å². The number of benzene rings is 10. The molecule has 0 saturated carbocycles. The number of rotatable bonds is 9. The number of aryl methyl sites for hydroxylation is 1. The Morgan fingerprint density at radius 1 is 0.455 bits per heavy atom. The van der Waals surface area contributed by atoms with Gasteiger partial charge in [0.2, 0.25) is 0 Å². The summed E-state index contributed by atoms with van der Waals surface area (Å²) in [4.78, 5) is 10.3. The van der Waals surface area contributed by atoms with Gasteiger partial charge in [-0.25, -0.2) is 0 Å². The number of imidazole rings is 2. The Bertz CT molecular complexity index is 4380. The van der Waals surface area contributed by atoms with Gasteiger partial charge in [-0.05, 0) is 134 Å². The van der Waals surface area contributed by atoms with Crippen LogP contribution in [0, 0.1) is 19.0 Å². The maximum atomic E-state index is 7.90. The molecule has 0 saturated heterocycles. The Morgan fingerprint density at radius 3 is 1.66 bits per heavy atom. The van der Waals surface area contributed by atoms with E-state index in [-0.39, 0.29) is 31.9 Å². The molecule has 0 bridgehead atoms. The molecule has 3 aromatic heterocycles. The largest absolute Gasteiger partial charge is 0.501 e. The maximum absolute atomic E-state index is 7.90. The summed E-state index contributed by atoms with van der Waals surface area (Å²) in [5, 5.41) is 5.96. The van der Waals surface area contributed by atoms with Crippen LogP contribution in [0.25, 0.3) is 111 Å². The second-order valence-corrected chi connectivity index (χ2v) is 21.3. The van der Waals surface area contributed by atoms with Crippen molar-refractivity contribution in [3.63, 3.8) is 0 Å². The van der Waals surface area contributed by atoms with Crippen molar-refractivity contribution in [1.82, 2.24) is 19.1 Å². The van der Waals surface area contributed by atoms with Gasteiger partial charge in [-0.3, -0.25) is 9.97 Å². The summed E-state index contributed by atoms with van der Waals surface area (Å²) in [5.74, 6) is 3.07. The molecule has 13 aromatic rings. The van der Waals surface area contributed by atoms with Crippen LogP contribution in [0.4, 0.5) is 0 Å². The van der Waals surface area contributed by atoms with E-state index in [0.717, 1.165) is 94.0 Å². The van der Waals surface area contributed by atoms with Crippen molar-refractivity contribution in [2.45, 2.75) is 85.9 Å². The van der Waals surface area contributed by atoms with Crippen molar-refractivity contribution in [2.75, 3.05) is 0 Å². The summed E-state index contributed by atoms with van der Waals surface area (Å²) in [6, 6.07) is 71.5. The Balaban J connectivity index is 0.000000203. The summed E-state index contributed by atoms with van der Waals surface area (Å²) < 4.78 is 35.2. The molecule has 383 valence electrons. The zero-order valence-corrected chi connectivity index (χ0v) is 47.1. The van der Waals surface area contributed by atoms with E-state index >= 15 is 0 Å². The van der Waals surface area contributed by atoms with Crippen molar-refractivity contribution >= 4 is 65.6 Å². The first-order valence-corrected chi connectivity index (χ1v) is 26.7. The fraction of sp³-hybridized carbons (Fsp3) is 0.183. The molecule has 0 aliphatic carbocycles. The van der Waals surface area contributed by atoms with Crippen LogP contribution in [-0.2, 0) is 20.1 Å². The van der Waals surface area contributed by atoms with Gasteiger partial charge in [0, 0.05) is 41.0 Å². The zero-order valence-electron chi connectivity index (χ0n) is 47.7. The van der Waals surface area contributed by atoms with E-state index in [2.05, 4.69) is 210 Å². The van der Waals surface area contributed by atoms with E-state index in [4.69, 9.17) is 18.5 Å². The van der Waals surface area contributed by atoms with E-state index in [0.29, 0.717) is 17.4 Å². The molecule has 0 amide bonds. The number of hydrogen-bond donors (Lipinski definition) is 0. The third-order valence-corrected chi connectivity index (χ3v) is 15.0. The van der Waals surface area contributed by atoms with Crippen LogP contribution in [0.3, 0.4) is 0 Å². The van der Waals surface area contributed by atoms with Gasteiger partial charge in [0.15, 0.2) is 0 Å². The molecule has 0 N–H and O–H groups in total. The Kier molecular flexibility index (Phi) is 12.9. The molecule has 13 rings (SSSR count). The van der Waals surface area contributed by atoms with Crippen LogP contribution < -0.4 is 0 Å². The van der Waals surface area contributed by atoms with Crippen molar-refractivity contribution in [1.29, 1.82) is 0 Å². The molecular formula is C71H62IrN4O-2. The van der Waals surface area contributed by atoms with E-state index < -0.39 is 6.85 Å². The van der Waals surface area contributed by atoms with Gasteiger partial charge in [0.25, 0.3) is 0 Å². The van der Waals surface area contributed by atoms with Crippen molar-refractivity contribution in [2.24, 2.45) is 0 Å². The average Bonchev–Trinajstić information content (AvgIpc) is 3.82. The van der Waals surface area contributed by atoms with Crippen LogP contribution in [-0.4, -0.2) is 19.1 Å². The Hall–Kier alpha value is -7.89. The minimum atomic E-state index is -2.16. The number of fused-ring (bicyclic) bond motifs is 8. The fourth-order valence-corrected chi connectivity index (χ4v) is 11.2. The fourth-order valence-electron chi connectivity index (χ4n) is 11.2.